The Balaban J connectivity index is 2.32. The highest BCUT2D eigenvalue weighted by Crippen LogP contribution is 2.34. The molecule has 1 aliphatic rings. The smallest absolute Gasteiger partial charge is 0.228 e. The first kappa shape index (κ1) is 18.3. The summed E-state index contributed by atoms with van der Waals surface area (Å²) in [5.74, 6) is 0.380. The van der Waals surface area contributed by atoms with Gasteiger partial charge in [0, 0.05) is 36.0 Å². The minimum atomic E-state index is 0.0546. The third-order valence-electron chi connectivity index (χ3n) is 4.36. The van der Waals surface area contributed by atoms with E-state index in [0.29, 0.717) is 12.3 Å². The minimum Gasteiger partial charge on any atom is -0.308 e. The number of alkyl halides is 2. The molecule has 0 heterocycles. The fourth-order valence-corrected chi connectivity index (χ4v) is 3.86. The lowest BCUT2D eigenvalue weighted by atomic mass is 10.1. The number of para-hydroxylation sites is 1. The Kier molecular flexibility index (Phi) is 6.94. The molecule has 5 heteroatoms. The van der Waals surface area contributed by atoms with Gasteiger partial charge < -0.3 is 4.90 Å². The van der Waals surface area contributed by atoms with E-state index in [-0.39, 0.29) is 23.4 Å². The van der Waals surface area contributed by atoms with Crippen molar-refractivity contribution >= 4 is 34.8 Å². The van der Waals surface area contributed by atoms with Crippen molar-refractivity contribution in [3.8, 4) is 0 Å². The maximum Gasteiger partial charge on any atom is 0.228 e. The van der Waals surface area contributed by atoms with E-state index in [1.165, 1.54) is 0 Å². The molecule has 1 aromatic carbocycles. The molecule has 3 atom stereocenters. The van der Waals surface area contributed by atoms with Crippen LogP contribution in [0.3, 0.4) is 0 Å². The molecular weight excluding hydrogens is 331 g/mol. The van der Waals surface area contributed by atoms with Gasteiger partial charge in [-0.05, 0) is 32.0 Å². The van der Waals surface area contributed by atoms with E-state index >= 15 is 0 Å². The van der Waals surface area contributed by atoms with Crippen LogP contribution in [0, 0.1) is 0 Å². The second-order valence-electron chi connectivity index (χ2n) is 5.97. The number of carbonyl (C=O) groups is 1. The summed E-state index contributed by atoms with van der Waals surface area (Å²) < 4.78 is 0. The van der Waals surface area contributed by atoms with Crippen molar-refractivity contribution < 1.29 is 4.79 Å². The molecule has 0 spiro atoms. The largest absolute Gasteiger partial charge is 0.308 e. The molecule has 3 nitrogen and oxygen atoms in total. The van der Waals surface area contributed by atoms with E-state index in [1.807, 2.05) is 41.3 Å². The number of hydrogen-bond acceptors (Lipinski definition) is 2. The van der Waals surface area contributed by atoms with Crippen LogP contribution < -0.4 is 4.90 Å². The van der Waals surface area contributed by atoms with Gasteiger partial charge in [-0.1, -0.05) is 24.3 Å². The average Bonchev–Trinajstić information content (AvgIpc) is 2.91. The Morgan fingerprint density at radius 3 is 2.57 bits per heavy atom. The van der Waals surface area contributed by atoms with Gasteiger partial charge in [-0.15, -0.1) is 29.8 Å². The predicted molar refractivity (Wildman–Crippen MR) is 98.5 cm³/mol. The molecule has 0 aliphatic heterocycles. The van der Waals surface area contributed by atoms with E-state index in [4.69, 9.17) is 23.2 Å². The fraction of sp³-hybridized carbons (Fsp3) is 0.500. The zero-order chi connectivity index (χ0) is 16.8. The maximum atomic E-state index is 12.7. The third-order valence-corrected chi connectivity index (χ3v) is 4.91. The molecule has 1 saturated carbocycles. The molecule has 126 valence electrons. The molecule has 1 fully saturated rings. The third kappa shape index (κ3) is 4.50. The Morgan fingerprint density at radius 1 is 1.30 bits per heavy atom. The molecule has 0 radical (unpaired) electrons. The summed E-state index contributed by atoms with van der Waals surface area (Å²) in [5.41, 5.74) is 0.912. The summed E-state index contributed by atoms with van der Waals surface area (Å²) in [6.45, 7) is 4.59. The summed E-state index contributed by atoms with van der Waals surface area (Å²) >= 11 is 12.3. The molecule has 1 amide bonds. The van der Waals surface area contributed by atoms with Crippen molar-refractivity contribution in [2.45, 2.75) is 36.7 Å². The van der Waals surface area contributed by atoms with Crippen LogP contribution in [0.15, 0.2) is 43.0 Å². The van der Waals surface area contributed by atoms with E-state index < -0.39 is 0 Å². The zero-order valence-corrected chi connectivity index (χ0v) is 15.0. The van der Waals surface area contributed by atoms with Gasteiger partial charge in [0.25, 0.3) is 0 Å². The van der Waals surface area contributed by atoms with Crippen LogP contribution >= 0.6 is 23.2 Å². The van der Waals surface area contributed by atoms with Gasteiger partial charge >= 0.3 is 0 Å². The standard InChI is InChI=1S/C18H24Cl2N2O/c1-3-11-21(2)16-12-14(20)13-17(16)22(18(23)9-10-19)15-7-5-4-6-8-15/h3-8,14,16-17H,1,9-13H2,2H3. The SMILES string of the molecule is C=CCN(C)C1CC(Cl)CC1N(C(=O)CCCl)c1ccccc1. The van der Waals surface area contributed by atoms with Gasteiger partial charge in [0.2, 0.25) is 5.91 Å². The number of anilines is 1. The van der Waals surface area contributed by atoms with Crippen molar-refractivity contribution in [2.24, 2.45) is 0 Å². The lowest BCUT2D eigenvalue weighted by molar-refractivity contribution is -0.118. The number of likely N-dealkylation sites (N-methyl/N-ethyl adjacent to an activating group) is 1. The second kappa shape index (κ2) is 8.72. The summed E-state index contributed by atoms with van der Waals surface area (Å²) in [4.78, 5) is 16.8. The van der Waals surface area contributed by atoms with Crippen molar-refractivity contribution in [3.63, 3.8) is 0 Å². The van der Waals surface area contributed by atoms with Crippen LogP contribution in [0.25, 0.3) is 0 Å². The number of hydrogen-bond donors (Lipinski definition) is 0. The lowest BCUT2D eigenvalue weighted by Crippen LogP contribution is -2.50. The Hall–Kier alpha value is -1.03. The molecule has 0 saturated heterocycles. The molecular formula is C18H24Cl2N2O. The molecule has 0 N–H and O–H groups in total. The summed E-state index contributed by atoms with van der Waals surface area (Å²) in [6.07, 6.45) is 3.87. The van der Waals surface area contributed by atoms with Gasteiger partial charge in [0.1, 0.15) is 0 Å². The quantitative estimate of drug-likeness (QED) is 0.547. The number of nitrogens with zero attached hydrogens (tertiary/aromatic N) is 2. The first-order valence-electron chi connectivity index (χ1n) is 7.96. The Bertz CT molecular complexity index is 523. The topological polar surface area (TPSA) is 23.6 Å². The van der Waals surface area contributed by atoms with Crippen LogP contribution in [0.5, 0.6) is 0 Å². The highest BCUT2D eigenvalue weighted by Gasteiger charge is 2.41. The van der Waals surface area contributed by atoms with Crippen molar-refractivity contribution in [1.82, 2.24) is 4.90 Å². The van der Waals surface area contributed by atoms with E-state index in [1.54, 1.807) is 0 Å². The average molecular weight is 355 g/mol. The van der Waals surface area contributed by atoms with Crippen molar-refractivity contribution in [3.05, 3.63) is 43.0 Å². The normalized spacial score (nSPS) is 23.9. The molecule has 0 aromatic heterocycles. The van der Waals surface area contributed by atoms with Gasteiger partial charge in [-0.25, -0.2) is 0 Å². The van der Waals surface area contributed by atoms with E-state index in [9.17, 15) is 4.79 Å². The van der Waals surface area contributed by atoms with E-state index in [0.717, 1.165) is 25.1 Å². The number of carbonyl (C=O) groups excluding carboxylic acids is 1. The van der Waals surface area contributed by atoms with Crippen LogP contribution in [-0.2, 0) is 4.79 Å². The monoisotopic (exact) mass is 354 g/mol. The van der Waals surface area contributed by atoms with Gasteiger partial charge in [0.15, 0.2) is 0 Å². The Labute approximate surface area is 148 Å². The predicted octanol–water partition coefficient (Wildman–Crippen LogP) is 3.90. The van der Waals surface area contributed by atoms with Crippen LogP contribution in [0.4, 0.5) is 5.69 Å². The molecule has 2 rings (SSSR count). The summed E-state index contributed by atoms with van der Waals surface area (Å²) in [7, 11) is 2.06. The fourth-order valence-electron chi connectivity index (χ4n) is 3.33. The molecule has 1 aromatic rings. The molecule has 3 unspecified atom stereocenters. The lowest BCUT2D eigenvalue weighted by Gasteiger charge is -2.37. The summed E-state index contributed by atoms with van der Waals surface area (Å²) in [6, 6.07) is 10.1. The first-order chi connectivity index (χ1) is 11.1. The molecule has 23 heavy (non-hydrogen) atoms. The molecule has 1 aliphatic carbocycles. The highest BCUT2D eigenvalue weighted by atomic mass is 35.5. The number of amides is 1. The number of rotatable bonds is 7. The number of benzene rings is 1. The van der Waals surface area contributed by atoms with Gasteiger partial charge in [-0.2, -0.15) is 0 Å². The van der Waals surface area contributed by atoms with Gasteiger partial charge in [-0.3, -0.25) is 9.69 Å². The van der Waals surface area contributed by atoms with Crippen molar-refractivity contribution in [1.29, 1.82) is 0 Å². The van der Waals surface area contributed by atoms with Gasteiger partial charge in [0.05, 0.1) is 6.04 Å². The molecule has 0 bridgehead atoms. The number of halogens is 2. The first-order valence-corrected chi connectivity index (χ1v) is 8.93. The van der Waals surface area contributed by atoms with Crippen LogP contribution in [-0.4, -0.2) is 47.7 Å². The highest BCUT2D eigenvalue weighted by molar-refractivity contribution is 6.21. The van der Waals surface area contributed by atoms with Crippen LogP contribution in [0.2, 0.25) is 0 Å². The second-order valence-corrected chi connectivity index (χ2v) is 6.97. The summed E-state index contributed by atoms with van der Waals surface area (Å²) in [5, 5.41) is 0.0762. The zero-order valence-electron chi connectivity index (χ0n) is 13.5. The van der Waals surface area contributed by atoms with E-state index in [2.05, 4.69) is 18.5 Å². The minimum absolute atomic E-state index is 0.0546. The Morgan fingerprint density at radius 2 is 1.96 bits per heavy atom. The maximum absolute atomic E-state index is 12.7. The van der Waals surface area contributed by atoms with Crippen LogP contribution in [0.1, 0.15) is 19.3 Å². The van der Waals surface area contributed by atoms with Crippen molar-refractivity contribution in [2.75, 3.05) is 24.4 Å².